The second kappa shape index (κ2) is 7.74. The second-order valence-corrected chi connectivity index (χ2v) is 5.53. The van der Waals surface area contributed by atoms with Gasteiger partial charge in [-0.15, -0.1) is 0 Å². The van der Waals surface area contributed by atoms with E-state index in [0.717, 1.165) is 15.9 Å². The van der Waals surface area contributed by atoms with Gasteiger partial charge in [-0.3, -0.25) is 4.79 Å². The van der Waals surface area contributed by atoms with Crippen LogP contribution in [0.2, 0.25) is 0 Å². The highest BCUT2D eigenvalue weighted by atomic mass is 79.9. The van der Waals surface area contributed by atoms with Crippen molar-refractivity contribution in [2.75, 3.05) is 23.9 Å². The number of nitrogens with one attached hydrogen (secondary N) is 2. The number of rotatable bonds is 6. The summed E-state index contributed by atoms with van der Waals surface area (Å²) in [6, 6.07) is 7.92. The Morgan fingerprint density at radius 3 is 2.82 bits per heavy atom. The maximum Gasteiger partial charge on any atom is 0.238 e. The Labute approximate surface area is 115 Å². The van der Waals surface area contributed by atoms with Gasteiger partial charge in [0.1, 0.15) is 0 Å². The van der Waals surface area contributed by atoms with E-state index in [4.69, 9.17) is 0 Å². The summed E-state index contributed by atoms with van der Waals surface area (Å²) in [5.41, 5.74) is 0.803. The molecule has 1 rings (SSSR count). The second-order valence-electron chi connectivity index (χ2n) is 3.77. The molecule has 1 atom stereocenters. The third-order valence-electron chi connectivity index (χ3n) is 2.18. The van der Waals surface area contributed by atoms with Crippen LogP contribution in [0.15, 0.2) is 28.7 Å². The molecule has 1 aromatic rings. The Morgan fingerprint density at radius 1 is 1.47 bits per heavy atom. The lowest BCUT2D eigenvalue weighted by Crippen LogP contribution is -2.35. The highest BCUT2D eigenvalue weighted by Crippen LogP contribution is 2.20. The summed E-state index contributed by atoms with van der Waals surface area (Å²) in [6.07, 6.45) is 2.05. The van der Waals surface area contributed by atoms with Crippen molar-refractivity contribution in [2.45, 2.75) is 13.0 Å². The minimum atomic E-state index is -0.0233. The van der Waals surface area contributed by atoms with E-state index in [1.54, 1.807) is 11.8 Å². The molecule has 0 heterocycles. The van der Waals surface area contributed by atoms with Gasteiger partial charge < -0.3 is 10.6 Å². The average Bonchev–Trinajstić information content (AvgIpc) is 2.30. The van der Waals surface area contributed by atoms with Crippen LogP contribution in [-0.4, -0.2) is 30.5 Å². The van der Waals surface area contributed by atoms with Crippen molar-refractivity contribution in [1.29, 1.82) is 0 Å². The fourth-order valence-electron chi connectivity index (χ4n) is 1.33. The fourth-order valence-corrected chi connectivity index (χ4v) is 2.33. The lowest BCUT2D eigenvalue weighted by molar-refractivity contribution is -0.115. The Morgan fingerprint density at radius 2 is 2.18 bits per heavy atom. The van der Waals surface area contributed by atoms with Gasteiger partial charge in [-0.2, -0.15) is 11.8 Å². The Balaban J connectivity index is 2.37. The molecule has 0 aliphatic heterocycles. The molecule has 2 N–H and O–H groups in total. The molecule has 0 aliphatic carbocycles. The smallest absolute Gasteiger partial charge is 0.238 e. The molecule has 94 valence electrons. The van der Waals surface area contributed by atoms with E-state index in [2.05, 4.69) is 39.7 Å². The molecule has 0 radical (unpaired) electrons. The number of para-hydroxylation sites is 1. The van der Waals surface area contributed by atoms with E-state index in [9.17, 15) is 4.79 Å². The molecule has 1 amide bonds. The standard InChI is InChI=1S/C12H17BrN2OS/c1-9(8-17-2)14-7-12(16)15-11-6-4-3-5-10(11)13/h3-6,9,14H,7-8H2,1-2H3,(H,15,16). The summed E-state index contributed by atoms with van der Waals surface area (Å²) in [4.78, 5) is 11.7. The van der Waals surface area contributed by atoms with E-state index >= 15 is 0 Å². The molecule has 0 aromatic heterocycles. The van der Waals surface area contributed by atoms with Crippen LogP contribution in [0.5, 0.6) is 0 Å². The van der Waals surface area contributed by atoms with Crippen molar-refractivity contribution >= 4 is 39.3 Å². The number of anilines is 1. The third-order valence-corrected chi connectivity index (χ3v) is 3.70. The first-order valence-corrected chi connectivity index (χ1v) is 7.59. The van der Waals surface area contributed by atoms with Gasteiger partial charge in [-0.1, -0.05) is 12.1 Å². The predicted molar refractivity (Wildman–Crippen MR) is 78.6 cm³/mol. The molecule has 0 aliphatic rings. The lowest BCUT2D eigenvalue weighted by Gasteiger charge is -2.12. The van der Waals surface area contributed by atoms with Crippen LogP contribution in [0.1, 0.15) is 6.92 Å². The normalized spacial score (nSPS) is 12.2. The molecule has 0 spiro atoms. The van der Waals surface area contributed by atoms with Crippen LogP contribution in [0.4, 0.5) is 5.69 Å². The average molecular weight is 317 g/mol. The highest BCUT2D eigenvalue weighted by molar-refractivity contribution is 9.10. The van der Waals surface area contributed by atoms with Gasteiger partial charge in [0.05, 0.1) is 12.2 Å². The van der Waals surface area contributed by atoms with E-state index in [0.29, 0.717) is 12.6 Å². The highest BCUT2D eigenvalue weighted by Gasteiger charge is 2.06. The number of thioether (sulfide) groups is 1. The topological polar surface area (TPSA) is 41.1 Å². The van der Waals surface area contributed by atoms with Crippen molar-refractivity contribution in [3.05, 3.63) is 28.7 Å². The minimum absolute atomic E-state index is 0.0233. The quantitative estimate of drug-likeness (QED) is 0.848. The maximum absolute atomic E-state index is 11.7. The molecule has 0 saturated heterocycles. The lowest BCUT2D eigenvalue weighted by atomic mass is 10.3. The summed E-state index contributed by atoms with van der Waals surface area (Å²) >= 11 is 5.16. The van der Waals surface area contributed by atoms with Crippen molar-refractivity contribution < 1.29 is 4.79 Å². The zero-order chi connectivity index (χ0) is 12.7. The molecular weight excluding hydrogens is 300 g/mol. The van der Waals surface area contributed by atoms with Gasteiger partial charge in [0, 0.05) is 16.3 Å². The number of carbonyl (C=O) groups excluding carboxylic acids is 1. The maximum atomic E-state index is 11.7. The number of hydrogen-bond acceptors (Lipinski definition) is 3. The summed E-state index contributed by atoms with van der Waals surface area (Å²) in [5, 5.41) is 6.03. The van der Waals surface area contributed by atoms with E-state index in [-0.39, 0.29) is 5.91 Å². The SMILES string of the molecule is CSCC(C)NCC(=O)Nc1ccccc1Br. The van der Waals surface area contributed by atoms with Crippen molar-refractivity contribution in [1.82, 2.24) is 5.32 Å². The predicted octanol–water partition coefficient (Wildman–Crippen LogP) is 2.73. The fraction of sp³-hybridized carbons (Fsp3) is 0.417. The van der Waals surface area contributed by atoms with Crippen LogP contribution in [0.25, 0.3) is 0 Å². The van der Waals surface area contributed by atoms with Crippen molar-refractivity contribution in [3.8, 4) is 0 Å². The summed E-state index contributed by atoms with van der Waals surface area (Å²) in [6.45, 7) is 2.41. The van der Waals surface area contributed by atoms with Crippen LogP contribution in [-0.2, 0) is 4.79 Å². The van der Waals surface area contributed by atoms with Crippen LogP contribution < -0.4 is 10.6 Å². The van der Waals surface area contributed by atoms with E-state index in [1.165, 1.54) is 0 Å². The van der Waals surface area contributed by atoms with Gasteiger partial charge in [-0.05, 0) is 41.2 Å². The zero-order valence-corrected chi connectivity index (χ0v) is 12.4. The van der Waals surface area contributed by atoms with E-state index in [1.807, 2.05) is 24.3 Å². The minimum Gasteiger partial charge on any atom is -0.324 e. The largest absolute Gasteiger partial charge is 0.324 e. The number of halogens is 1. The van der Waals surface area contributed by atoms with Crippen molar-refractivity contribution in [3.63, 3.8) is 0 Å². The van der Waals surface area contributed by atoms with Gasteiger partial charge in [0.25, 0.3) is 0 Å². The molecule has 17 heavy (non-hydrogen) atoms. The molecule has 5 heteroatoms. The monoisotopic (exact) mass is 316 g/mol. The first-order chi connectivity index (χ1) is 8.13. The van der Waals surface area contributed by atoms with Crippen LogP contribution >= 0.6 is 27.7 Å². The summed E-state index contributed by atoms with van der Waals surface area (Å²) in [7, 11) is 0. The Kier molecular flexibility index (Phi) is 6.62. The first kappa shape index (κ1) is 14.5. The molecule has 0 saturated carbocycles. The number of amides is 1. The van der Waals surface area contributed by atoms with Gasteiger partial charge in [0.2, 0.25) is 5.91 Å². The van der Waals surface area contributed by atoms with Crippen LogP contribution in [0, 0.1) is 0 Å². The molecule has 0 fully saturated rings. The number of benzene rings is 1. The van der Waals surface area contributed by atoms with E-state index < -0.39 is 0 Å². The molecule has 0 bridgehead atoms. The molecular formula is C12H17BrN2OS. The van der Waals surface area contributed by atoms with Gasteiger partial charge in [0.15, 0.2) is 0 Å². The summed E-state index contributed by atoms with van der Waals surface area (Å²) < 4.78 is 0.894. The molecule has 1 unspecified atom stereocenters. The first-order valence-electron chi connectivity index (χ1n) is 5.40. The molecule has 3 nitrogen and oxygen atoms in total. The summed E-state index contributed by atoms with van der Waals surface area (Å²) in [5.74, 6) is 0.979. The zero-order valence-electron chi connectivity index (χ0n) is 10.00. The number of carbonyl (C=O) groups is 1. The van der Waals surface area contributed by atoms with Gasteiger partial charge in [-0.25, -0.2) is 0 Å². The van der Waals surface area contributed by atoms with Crippen LogP contribution in [0.3, 0.4) is 0 Å². The number of hydrogen-bond donors (Lipinski definition) is 2. The Hall–Kier alpha value is -0.520. The van der Waals surface area contributed by atoms with Crippen molar-refractivity contribution in [2.24, 2.45) is 0 Å². The molecule has 1 aromatic carbocycles. The van der Waals surface area contributed by atoms with Gasteiger partial charge >= 0.3 is 0 Å². The Bertz CT molecular complexity index is 373. The third kappa shape index (κ3) is 5.57.